The highest BCUT2D eigenvalue weighted by Crippen LogP contribution is 2.43. The molecule has 186 valence electrons. The van der Waals surface area contributed by atoms with E-state index in [0.29, 0.717) is 17.0 Å². The number of ether oxygens (including phenoxy) is 1. The third-order valence-corrected chi connectivity index (χ3v) is 7.56. The number of rotatable bonds is 4. The fourth-order valence-corrected chi connectivity index (χ4v) is 5.84. The Labute approximate surface area is 209 Å². The molecule has 1 aromatic carbocycles. The van der Waals surface area contributed by atoms with E-state index >= 15 is 4.39 Å². The first kappa shape index (κ1) is 23.1. The highest BCUT2D eigenvalue weighted by atomic mass is 32.1. The van der Waals surface area contributed by atoms with Gasteiger partial charge in [0.05, 0.1) is 28.5 Å². The molecule has 36 heavy (non-hydrogen) atoms. The summed E-state index contributed by atoms with van der Waals surface area (Å²) in [5, 5.41) is 9.47. The zero-order valence-electron chi connectivity index (χ0n) is 19.2. The maximum absolute atomic E-state index is 15.2. The van der Waals surface area contributed by atoms with E-state index in [1.165, 1.54) is 17.0 Å². The van der Waals surface area contributed by atoms with Gasteiger partial charge in [0.2, 0.25) is 0 Å². The molecular weight excluding hydrogens is 492 g/mol. The molecule has 1 aliphatic carbocycles. The van der Waals surface area contributed by atoms with Crippen molar-refractivity contribution < 1.29 is 22.3 Å². The summed E-state index contributed by atoms with van der Waals surface area (Å²) in [7, 11) is 0. The second-order valence-corrected chi connectivity index (χ2v) is 9.98. The van der Waals surface area contributed by atoms with Crippen molar-refractivity contribution in [2.75, 3.05) is 44.3 Å². The van der Waals surface area contributed by atoms with Gasteiger partial charge in [0.25, 0.3) is 0 Å². The molecule has 1 saturated heterocycles. The lowest BCUT2D eigenvalue weighted by Gasteiger charge is -2.37. The van der Waals surface area contributed by atoms with Crippen molar-refractivity contribution in [1.82, 2.24) is 15.1 Å². The van der Waals surface area contributed by atoms with Crippen LogP contribution < -0.4 is 4.90 Å². The summed E-state index contributed by atoms with van der Waals surface area (Å²) in [6, 6.07) is 5.44. The maximum Gasteiger partial charge on any atom is 0.411 e. The average molecular weight is 515 g/mol. The Balaban J connectivity index is 1.19. The standard InChI is InChI=1S/C26H22F4N4OS/c27-22-12-20-16(11-23(22)34-7-6-33-5-1-3-18(33)13-34)10-21-24(31-32-25(20)21)17-9-19(36-14-17)4-2-8-35-15-26(28,29)30/h3,9,11-12,14H,1,5-8,10,13,15H2,(H,31,32). The normalized spacial score (nSPS) is 16.4. The fourth-order valence-electron chi connectivity index (χ4n) is 5.08. The number of fused-ring (bicyclic) bond motifs is 4. The van der Waals surface area contributed by atoms with E-state index < -0.39 is 12.8 Å². The molecule has 0 atom stereocenters. The van der Waals surface area contributed by atoms with Gasteiger partial charge in [-0.3, -0.25) is 5.10 Å². The first-order valence-corrected chi connectivity index (χ1v) is 12.5. The minimum absolute atomic E-state index is 0.231. The molecule has 6 rings (SSSR count). The van der Waals surface area contributed by atoms with E-state index in [-0.39, 0.29) is 12.4 Å². The van der Waals surface area contributed by atoms with Crippen LogP contribution in [0.4, 0.5) is 23.2 Å². The van der Waals surface area contributed by atoms with Gasteiger partial charge in [-0.15, -0.1) is 11.3 Å². The maximum atomic E-state index is 15.2. The fraction of sp³-hybridized carbons (Fsp3) is 0.346. The molecule has 2 aromatic heterocycles. The molecule has 3 aliphatic rings. The lowest BCUT2D eigenvalue weighted by molar-refractivity contribution is -0.170. The van der Waals surface area contributed by atoms with Gasteiger partial charge >= 0.3 is 6.18 Å². The molecule has 2 aliphatic heterocycles. The summed E-state index contributed by atoms with van der Waals surface area (Å²) in [5.74, 6) is 5.22. The molecule has 1 N–H and O–H groups in total. The van der Waals surface area contributed by atoms with Crippen LogP contribution in [0.15, 0.2) is 35.4 Å². The molecule has 0 amide bonds. The molecule has 0 spiro atoms. The van der Waals surface area contributed by atoms with Crippen molar-refractivity contribution in [3.05, 3.63) is 57.2 Å². The number of nitrogens with one attached hydrogen (secondary N) is 1. The largest absolute Gasteiger partial charge is 0.411 e. The number of thiophene rings is 1. The Morgan fingerprint density at radius 3 is 2.86 bits per heavy atom. The number of H-pyrrole nitrogens is 1. The van der Waals surface area contributed by atoms with Crippen molar-refractivity contribution in [2.24, 2.45) is 0 Å². The minimum atomic E-state index is -4.36. The number of aromatic amines is 1. The number of hydrogen-bond donors (Lipinski definition) is 1. The van der Waals surface area contributed by atoms with Crippen LogP contribution in [0, 0.1) is 17.7 Å². The quantitative estimate of drug-likeness (QED) is 0.231. The van der Waals surface area contributed by atoms with E-state index in [1.807, 2.05) is 17.5 Å². The monoisotopic (exact) mass is 514 g/mol. The van der Waals surface area contributed by atoms with Crippen LogP contribution in [-0.2, 0) is 11.2 Å². The molecule has 5 nitrogen and oxygen atoms in total. The highest BCUT2D eigenvalue weighted by molar-refractivity contribution is 7.11. The number of hydrogen-bond acceptors (Lipinski definition) is 5. The van der Waals surface area contributed by atoms with Crippen molar-refractivity contribution in [3.8, 4) is 34.4 Å². The molecule has 0 bridgehead atoms. The third-order valence-electron chi connectivity index (χ3n) is 6.72. The summed E-state index contributed by atoms with van der Waals surface area (Å²) < 4.78 is 56.2. The highest BCUT2D eigenvalue weighted by Gasteiger charge is 2.30. The lowest BCUT2D eigenvalue weighted by Crippen LogP contribution is -2.43. The first-order valence-electron chi connectivity index (χ1n) is 11.7. The van der Waals surface area contributed by atoms with E-state index in [1.54, 1.807) is 6.07 Å². The van der Waals surface area contributed by atoms with Crippen LogP contribution in [0.1, 0.15) is 22.4 Å². The average Bonchev–Trinajstić information content (AvgIpc) is 3.61. The van der Waals surface area contributed by atoms with Crippen LogP contribution in [-0.4, -0.2) is 60.7 Å². The predicted molar refractivity (Wildman–Crippen MR) is 130 cm³/mol. The second-order valence-electron chi connectivity index (χ2n) is 9.07. The van der Waals surface area contributed by atoms with Gasteiger partial charge in [-0.2, -0.15) is 18.3 Å². The van der Waals surface area contributed by atoms with Gasteiger partial charge in [-0.05, 0) is 30.2 Å². The number of piperazine rings is 1. The van der Waals surface area contributed by atoms with Crippen molar-refractivity contribution in [3.63, 3.8) is 0 Å². The van der Waals surface area contributed by atoms with Gasteiger partial charge < -0.3 is 14.5 Å². The Morgan fingerprint density at radius 2 is 2.00 bits per heavy atom. The Bertz CT molecular complexity index is 1410. The molecule has 0 radical (unpaired) electrons. The van der Waals surface area contributed by atoms with Crippen LogP contribution in [0.2, 0.25) is 0 Å². The smallest absolute Gasteiger partial charge is 0.372 e. The van der Waals surface area contributed by atoms with Crippen molar-refractivity contribution >= 4 is 17.0 Å². The summed E-state index contributed by atoms with van der Waals surface area (Å²) in [5.41, 5.74) is 7.31. The zero-order valence-corrected chi connectivity index (χ0v) is 20.0. The van der Waals surface area contributed by atoms with Gasteiger partial charge in [-0.25, -0.2) is 4.39 Å². The number of anilines is 1. The van der Waals surface area contributed by atoms with Crippen molar-refractivity contribution in [1.29, 1.82) is 0 Å². The number of alkyl halides is 3. The molecule has 4 heterocycles. The van der Waals surface area contributed by atoms with E-state index in [2.05, 4.69) is 42.7 Å². The SMILES string of the molecule is Fc1cc2c(cc1N1CCN3CCC=C3C1)Cc1c(-c3csc(C#CCOCC(F)(F)F)c3)n[nH]c1-2. The number of aromatic nitrogens is 2. The molecule has 3 aromatic rings. The molecule has 0 saturated carbocycles. The topological polar surface area (TPSA) is 44.4 Å². The Kier molecular flexibility index (Phi) is 5.77. The molecule has 10 heteroatoms. The van der Waals surface area contributed by atoms with Crippen LogP contribution in [0.25, 0.3) is 22.5 Å². The third kappa shape index (κ3) is 4.38. The van der Waals surface area contributed by atoms with Gasteiger partial charge in [0.15, 0.2) is 0 Å². The number of benzene rings is 1. The second kappa shape index (κ2) is 8.98. The van der Waals surface area contributed by atoms with Crippen molar-refractivity contribution in [2.45, 2.75) is 19.0 Å². The summed E-state index contributed by atoms with van der Waals surface area (Å²) in [4.78, 5) is 5.21. The first-order chi connectivity index (χ1) is 17.4. The summed E-state index contributed by atoms with van der Waals surface area (Å²) >= 11 is 1.39. The minimum Gasteiger partial charge on any atom is -0.372 e. The molecule has 1 fully saturated rings. The van der Waals surface area contributed by atoms with E-state index in [4.69, 9.17) is 0 Å². The zero-order chi connectivity index (χ0) is 24.9. The van der Waals surface area contributed by atoms with Crippen LogP contribution in [0.3, 0.4) is 0 Å². The predicted octanol–water partition coefficient (Wildman–Crippen LogP) is 5.19. The Hall–Kier alpha value is -3.29. The molecular formula is C26H22F4N4OS. The van der Waals surface area contributed by atoms with Gasteiger partial charge in [-0.1, -0.05) is 17.9 Å². The van der Waals surface area contributed by atoms with Gasteiger partial charge in [0.1, 0.15) is 19.0 Å². The Morgan fingerprint density at radius 1 is 1.14 bits per heavy atom. The van der Waals surface area contributed by atoms with Gasteiger partial charge in [0, 0.05) is 53.8 Å². The summed E-state index contributed by atoms with van der Waals surface area (Å²) in [6.45, 7) is 1.89. The summed E-state index contributed by atoms with van der Waals surface area (Å²) in [6.07, 6.45) is -0.409. The van der Waals surface area contributed by atoms with E-state index in [9.17, 15) is 13.2 Å². The lowest BCUT2D eigenvalue weighted by atomic mass is 10.1. The van der Waals surface area contributed by atoms with Crippen LogP contribution >= 0.6 is 11.3 Å². The number of nitrogens with zero attached hydrogens (tertiary/aromatic N) is 3. The van der Waals surface area contributed by atoms with Crippen LogP contribution in [0.5, 0.6) is 0 Å². The molecule has 0 unspecified atom stereocenters. The van der Waals surface area contributed by atoms with E-state index in [0.717, 1.165) is 66.2 Å². The number of halogens is 4.